The maximum absolute atomic E-state index is 13.6. The van der Waals surface area contributed by atoms with Crippen LogP contribution in [0.1, 0.15) is 5.76 Å². The highest BCUT2D eigenvalue weighted by molar-refractivity contribution is 5.78. The predicted octanol–water partition coefficient (Wildman–Crippen LogP) is 3.20. The van der Waals surface area contributed by atoms with Gasteiger partial charge in [0, 0.05) is 55.8 Å². The van der Waals surface area contributed by atoms with Crippen molar-refractivity contribution in [3.8, 4) is 17.1 Å². The number of ether oxygens (including phenoxy) is 1. The highest BCUT2D eigenvalue weighted by Crippen LogP contribution is 2.24. The predicted molar refractivity (Wildman–Crippen MR) is 124 cm³/mol. The third-order valence-electron chi connectivity index (χ3n) is 5.66. The smallest absolute Gasteiger partial charge is 0.260 e. The number of piperazine rings is 1. The Labute approximate surface area is 200 Å². The standard InChI is InChI=1S/C24H23FN6O4/c25-20-2-1-8-26-24(20)33-16-23(32)31-11-9-30(10-12-31)18-5-3-17(4-6-18)21-14-19(35-28-21)15-27-22-7-13-34-29-22/h1-8,13-14H,9-12,15-16H2,(H,27,29). The van der Waals surface area contributed by atoms with Crippen LogP contribution >= 0.6 is 0 Å². The topological polar surface area (TPSA) is 110 Å². The number of benzene rings is 1. The average molecular weight is 478 g/mol. The molecule has 0 saturated carbocycles. The summed E-state index contributed by atoms with van der Waals surface area (Å²) in [4.78, 5) is 20.2. The molecule has 4 aromatic rings. The van der Waals surface area contributed by atoms with Crippen LogP contribution in [0.2, 0.25) is 0 Å². The number of rotatable bonds is 8. The number of pyridine rings is 1. The molecule has 10 nitrogen and oxygen atoms in total. The van der Waals surface area contributed by atoms with Crippen molar-refractivity contribution in [2.75, 3.05) is 43.0 Å². The van der Waals surface area contributed by atoms with E-state index in [2.05, 4.69) is 25.5 Å². The van der Waals surface area contributed by atoms with Gasteiger partial charge in [0.2, 0.25) is 0 Å². The van der Waals surface area contributed by atoms with E-state index in [4.69, 9.17) is 13.8 Å². The average Bonchev–Trinajstić information content (AvgIpc) is 3.59. The number of halogens is 1. The van der Waals surface area contributed by atoms with Crippen LogP contribution in [0.25, 0.3) is 11.3 Å². The minimum Gasteiger partial charge on any atom is -0.465 e. The van der Waals surface area contributed by atoms with E-state index in [0.29, 0.717) is 44.3 Å². The quantitative estimate of drug-likeness (QED) is 0.408. The van der Waals surface area contributed by atoms with Gasteiger partial charge in [-0.3, -0.25) is 4.79 Å². The molecule has 35 heavy (non-hydrogen) atoms. The normalized spacial score (nSPS) is 13.6. The van der Waals surface area contributed by atoms with Crippen LogP contribution in [-0.2, 0) is 11.3 Å². The van der Waals surface area contributed by atoms with Crippen LogP contribution in [0.15, 0.2) is 70.0 Å². The molecule has 3 aromatic heterocycles. The summed E-state index contributed by atoms with van der Waals surface area (Å²) >= 11 is 0. The van der Waals surface area contributed by atoms with Gasteiger partial charge in [0.1, 0.15) is 12.0 Å². The van der Waals surface area contributed by atoms with Crippen molar-refractivity contribution in [1.29, 1.82) is 0 Å². The first-order valence-electron chi connectivity index (χ1n) is 11.1. The third-order valence-corrected chi connectivity index (χ3v) is 5.66. The molecule has 0 radical (unpaired) electrons. The van der Waals surface area contributed by atoms with E-state index in [1.165, 1.54) is 24.6 Å². The van der Waals surface area contributed by atoms with Gasteiger partial charge in [-0.05, 0) is 24.3 Å². The molecule has 0 unspecified atom stereocenters. The molecule has 11 heteroatoms. The number of aromatic nitrogens is 3. The van der Waals surface area contributed by atoms with Crippen LogP contribution in [0.3, 0.4) is 0 Å². The first-order chi connectivity index (χ1) is 17.2. The summed E-state index contributed by atoms with van der Waals surface area (Å²) < 4.78 is 29.0. The monoisotopic (exact) mass is 478 g/mol. The molecule has 1 aromatic carbocycles. The van der Waals surface area contributed by atoms with Gasteiger partial charge in [-0.2, -0.15) is 0 Å². The van der Waals surface area contributed by atoms with E-state index in [9.17, 15) is 9.18 Å². The Morgan fingerprint density at radius 1 is 1.09 bits per heavy atom. The van der Waals surface area contributed by atoms with Gasteiger partial charge in [-0.15, -0.1) is 0 Å². The Morgan fingerprint density at radius 2 is 1.91 bits per heavy atom. The van der Waals surface area contributed by atoms with E-state index in [0.717, 1.165) is 16.9 Å². The van der Waals surface area contributed by atoms with Crippen molar-refractivity contribution in [2.45, 2.75) is 6.54 Å². The Balaban J connectivity index is 1.11. The maximum Gasteiger partial charge on any atom is 0.260 e. The summed E-state index contributed by atoms with van der Waals surface area (Å²) in [6, 6.07) is 14.4. The van der Waals surface area contributed by atoms with Crippen molar-refractivity contribution in [1.82, 2.24) is 20.2 Å². The molecule has 1 aliphatic heterocycles. The summed E-state index contributed by atoms with van der Waals surface area (Å²) in [6.07, 6.45) is 2.92. The largest absolute Gasteiger partial charge is 0.465 e. The molecule has 4 heterocycles. The maximum atomic E-state index is 13.6. The number of anilines is 2. The summed E-state index contributed by atoms with van der Waals surface area (Å²) in [5.41, 5.74) is 2.75. The molecular formula is C24H23FN6O4. The molecule has 1 amide bonds. The van der Waals surface area contributed by atoms with Crippen LogP contribution in [0, 0.1) is 5.82 Å². The van der Waals surface area contributed by atoms with Crippen molar-refractivity contribution in [3.05, 3.63) is 72.6 Å². The second-order valence-electron chi connectivity index (χ2n) is 7.91. The third kappa shape index (κ3) is 5.40. The minimum absolute atomic E-state index is 0.162. The molecule has 1 aliphatic rings. The second-order valence-corrected chi connectivity index (χ2v) is 7.91. The molecule has 5 rings (SSSR count). The van der Waals surface area contributed by atoms with Gasteiger partial charge < -0.3 is 28.9 Å². The van der Waals surface area contributed by atoms with Gasteiger partial charge >= 0.3 is 0 Å². The lowest BCUT2D eigenvalue weighted by Crippen LogP contribution is -2.50. The Hall–Kier alpha value is -4.41. The van der Waals surface area contributed by atoms with Gasteiger partial charge in [-0.25, -0.2) is 9.37 Å². The van der Waals surface area contributed by atoms with E-state index in [-0.39, 0.29) is 18.4 Å². The molecule has 1 N–H and O–H groups in total. The molecular weight excluding hydrogens is 455 g/mol. The molecule has 0 bridgehead atoms. The van der Waals surface area contributed by atoms with Crippen molar-refractivity contribution in [3.63, 3.8) is 0 Å². The molecule has 1 fully saturated rings. The first-order valence-corrected chi connectivity index (χ1v) is 11.1. The van der Waals surface area contributed by atoms with Crippen molar-refractivity contribution in [2.24, 2.45) is 0 Å². The van der Waals surface area contributed by atoms with E-state index >= 15 is 0 Å². The highest BCUT2D eigenvalue weighted by atomic mass is 19.1. The number of nitrogens with zero attached hydrogens (tertiary/aromatic N) is 5. The fourth-order valence-electron chi connectivity index (χ4n) is 3.77. The number of hydrogen-bond donors (Lipinski definition) is 1. The molecule has 0 aliphatic carbocycles. The van der Waals surface area contributed by atoms with E-state index in [1.54, 1.807) is 11.0 Å². The SMILES string of the molecule is O=C(COc1ncccc1F)N1CCN(c2ccc(-c3cc(CNc4ccon4)on3)cc2)CC1. The summed E-state index contributed by atoms with van der Waals surface area (Å²) in [5, 5.41) is 11.0. The van der Waals surface area contributed by atoms with Crippen LogP contribution in [0.4, 0.5) is 15.9 Å². The molecule has 0 spiro atoms. The van der Waals surface area contributed by atoms with Crippen molar-refractivity contribution >= 4 is 17.4 Å². The fourth-order valence-corrected chi connectivity index (χ4v) is 3.77. The van der Waals surface area contributed by atoms with Gasteiger partial charge in [0.05, 0.1) is 6.54 Å². The number of hydrogen-bond acceptors (Lipinski definition) is 9. The summed E-state index contributed by atoms with van der Waals surface area (Å²) in [7, 11) is 0. The number of carbonyl (C=O) groups excluding carboxylic acids is 1. The van der Waals surface area contributed by atoms with Crippen LogP contribution in [0.5, 0.6) is 5.88 Å². The Bertz CT molecular complexity index is 1250. The van der Waals surface area contributed by atoms with Crippen LogP contribution in [-0.4, -0.2) is 58.9 Å². The lowest BCUT2D eigenvalue weighted by molar-refractivity contribution is -0.133. The lowest BCUT2D eigenvalue weighted by atomic mass is 10.1. The van der Waals surface area contributed by atoms with Gasteiger partial charge in [0.25, 0.3) is 11.8 Å². The summed E-state index contributed by atoms with van der Waals surface area (Å²) in [5.74, 6) is 0.375. The van der Waals surface area contributed by atoms with Crippen molar-refractivity contribution < 1.29 is 23.0 Å². The molecule has 180 valence electrons. The lowest BCUT2D eigenvalue weighted by Gasteiger charge is -2.36. The zero-order chi connectivity index (χ0) is 24.0. The Kier molecular flexibility index (Phi) is 6.55. The number of nitrogens with one attached hydrogen (secondary N) is 1. The number of amides is 1. The zero-order valence-electron chi connectivity index (χ0n) is 18.8. The minimum atomic E-state index is -0.585. The Morgan fingerprint density at radius 3 is 2.66 bits per heavy atom. The number of carbonyl (C=O) groups is 1. The van der Waals surface area contributed by atoms with Gasteiger partial charge in [0.15, 0.2) is 24.0 Å². The van der Waals surface area contributed by atoms with Crippen LogP contribution < -0.4 is 15.0 Å². The fraction of sp³-hybridized carbons (Fsp3) is 0.250. The zero-order valence-corrected chi connectivity index (χ0v) is 18.8. The second kappa shape index (κ2) is 10.2. The molecule has 0 atom stereocenters. The van der Waals surface area contributed by atoms with E-state index in [1.807, 2.05) is 30.3 Å². The summed E-state index contributed by atoms with van der Waals surface area (Å²) in [6.45, 7) is 2.69. The first kappa shape index (κ1) is 22.4. The van der Waals surface area contributed by atoms with Gasteiger partial charge in [-0.1, -0.05) is 22.4 Å². The van der Waals surface area contributed by atoms with E-state index < -0.39 is 5.82 Å². The highest BCUT2D eigenvalue weighted by Gasteiger charge is 2.22. The molecule has 1 saturated heterocycles.